The monoisotopic (exact) mass is 868 g/mol. The molecular formula is C60H32N6O2. The molecule has 0 unspecified atom stereocenters. The van der Waals surface area contributed by atoms with Gasteiger partial charge in [0.2, 0.25) is 0 Å². The van der Waals surface area contributed by atoms with Crippen molar-refractivity contribution in [3.8, 4) is 85.6 Å². The highest BCUT2D eigenvalue weighted by Crippen LogP contribution is 2.47. The van der Waals surface area contributed by atoms with E-state index < -0.39 is 11.8 Å². The number of hydrogen-bond donors (Lipinski definition) is 0. The molecule has 8 nitrogen and oxygen atoms in total. The van der Waals surface area contributed by atoms with Crippen LogP contribution in [0.3, 0.4) is 0 Å². The summed E-state index contributed by atoms with van der Waals surface area (Å²) >= 11 is 0. The third-order valence-electron chi connectivity index (χ3n) is 12.7. The summed E-state index contributed by atoms with van der Waals surface area (Å²) < 4.78 is 1.98. The summed E-state index contributed by atoms with van der Waals surface area (Å²) in [6.07, 6.45) is 0. The summed E-state index contributed by atoms with van der Waals surface area (Å²) in [4.78, 5) is 32.4. The van der Waals surface area contributed by atoms with Gasteiger partial charge in [-0.1, -0.05) is 133 Å². The molecule has 8 heteroatoms. The number of imide groups is 1. The largest absolute Gasteiger partial charge is 0.308 e. The third-order valence-corrected chi connectivity index (χ3v) is 12.7. The van der Waals surface area contributed by atoms with Crippen molar-refractivity contribution in [3.63, 3.8) is 0 Å². The molecule has 9 aromatic carbocycles. The number of carbonyl (C=O) groups is 2. The van der Waals surface area contributed by atoms with Crippen molar-refractivity contribution >= 4 is 39.3 Å². The van der Waals surface area contributed by atoms with Gasteiger partial charge in [-0.25, -0.2) is 4.90 Å². The van der Waals surface area contributed by atoms with Crippen LogP contribution in [0.25, 0.3) is 83.1 Å². The van der Waals surface area contributed by atoms with Gasteiger partial charge in [-0.2, -0.15) is 21.0 Å². The van der Waals surface area contributed by atoms with Gasteiger partial charge in [0.15, 0.2) is 0 Å². The quantitative estimate of drug-likeness (QED) is 0.146. The van der Waals surface area contributed by atoms with Gasteiger partial charge in [-0.15, -0.1) is 0 Å². The van der Waals surface area contributed by atoms with E-state index in [2.05, 4.69) is 24.3 Å². The number of anilines is 1. The predicted molar refractivity (Wildman–Crippen MR) is 264 cm³/mol. The van der Waals surface area contributed by atoms with Gasteiger partial charge in [-0.3, -0.25) is 9.59 Å². The van der Waals surface area contributed by atoms with Gasteiger partial charge in [0.25, 0.3) is 11.8 Å². The minimum Gasteiger partial charge on any atom is -0.308 e. The summed E-state index contributed by atoms with van der Waals surface area (Å²) in [6.45, 7) is 0. The van der Waals surface area contributed by atoms with Crippen LogP contribution in [0.2, 0.25) is 0 Å². The second-order valence-electron chi connectivity index (χ2n) is 16.4. The Labute approximate surface area is 390 Å². The SMILES string of the molecule is N#Cc1ccc(-c2ccc3c4ccc(-c5ccc(C#N)cc5C#N)cc4n(-c4cccc5c4C(=O)N(c4c(-c6ccccc6)cc(-c6ccccc6)cc4-c4ccccc4)C5=O)c3c2)c(C#N)c1. The molecule has 314 valence electrons. The highest BCUT2D eigenvalue weighted by Gasteiger charge is 2.42. The second kappa shape index (κ2) is 16.5. The first-order chi connectivity index (χ1) is 33.4. The van der Waals surface area contributed by atoms with Crippen molar-refractivity contribution in [1.29, 1.82) is 21.0 Å². The van der Waals surface area contributed by atoms with Crippen molar-refractivity contribution < 1.29 is 9.59 Å². The van der Waals surface area contributed by atoms with Gasteiger partial charge in [-0.05, 0) is 105 Å². The molecule has 0 saturated heterocycles. The van der Waals surface area contributed by atoms with E-state index in [9.17, 15) is 21.0 Å². The van der Waals surface area contributed by atoms with Crippen molar-refractivity contribution in [2.45, 2.75) is 0 Å². The number of carbonyl (C=O) groups excluding carboxylic acids is 2. The van der Waals surface area contributed by atoms with E-state index in [1.165, 1.54) is 4.90 Å². The topological polar surface area (TPSA) is 137 Å². The van der Waals surface area contributed by atoms with E-state index in [0.29, 0.717) is 78.0 Å². The lowest BCUT2D eigenvalue weighted by atomic mass is 9.90. The second-order valence-corrected chi connectivity index (χ2v) is 16.4. The molecule has 0 radical (unpaired) electrons. The first kappa shape index (κ1) is 40.6. The fourth-order valence-electron chi connectivity index (χ4n) is 9.53. The smallest absolute Gasteiger partial charge is 0.268 e. The van der Waals surface area contributed by atoms with E-state index in [-0.39, 0.29) is 11.1 Å². The third kappa shape index (κ3) is 6.58. The Balaban J connectivity index is 1.18. The number of amides is 2. The maximum atomic E-state index is 15.7. The van der Waals surface area contributed by atoms with Crippen LogP contribution in [0.15, 0.2) is 194 Å². The average molecular weight is 869 g/mol. The molecule has 0 spiro atoms. The number of nitriles is 4. The zero-order valence-electron chi connectivity index (χ0n) is 36.0. The molecule has 1 aromatic heterocycles. The van der Waals surface area contributed by atoms with Crippen LogP contribution in [-0.4, -0.2) is 16.4 Å². The van der Waals surface area contributed by atoms with Crippen molar-refractivity contribution in [2.24, 2.45) is 0 Å². The first-order valence-electron chi connectivity index (χ1n) is 21.7. The molecular weight excluding hydrogens is 837 g/mol. The van der Waals surface area contributed by atoms with Crippen LogP contribution in [-0.2, 0) is 0 Å². The molecule has 0 fully saturated rings. The number of nitrogens with zero attached hydrogens (tertiary/aromatic N) is 6. The Morgan fingerprint density at radius 1 is 0.353 bits per heavy atom. The van der Waals surface area contributed by atoms with E-state index >= 15 is 9.59 Å². The molecule has 0 bridgehead atoms. The molecule has 1 aliphatic rings. The lowest BCUT2D eigenvalue weighted by Crippen LogP contribution is -2.30. The van der Waals surface area contributed by atoms with Crippen molar-refractivity contribution in [2.75, 3.05) is 4.90 Å². The number of aromatic nitrogens is 1. The summed E-state index contributed by atoms with van der Waals surface area (Å²) in [7, 11) is 0. The Morgan fingerprint density at radius 3 is 1.31 bits per heavy atom. The number of rotatable bonds is 7. The van der Waals surface area contributed by atoms with Gasteiger partial charge < -0.3 is 4.57 Å². The standard InChI is InChI=1S/C60H32N6O2/c61-33-37-19-23-47(45(27-37)35-63)42-21-25-49-50-26-22-43(48-24-20-38(34-62)28-46(48)36-64)32-56(50)65(55(49)31-42)54-18-10-17-51-57(54)60(68)66(59(51)67)58-52(40-13-6-2-7-14-40)29-44(39-11-4-1-5-12-39)30-53(58)41-15-8-3-9-16-41/h1-32H. The van der Waals surface area contributed by atoms with Gasteiger partial charge >= 0.3 is 0 Å². The Bertz CT molecular complexity index is 3750. The molecule has 1 aliphatic heterocycles. The number of fused-ring (bicyclic) bond motifs is 4. The predicted octanol–water partition coefficient (Wildman–Crippen LogP) is 13.4. The van der Waals surface area contributed by atoms with Crippen LogP contribution < -0.4 is 4.90 Å². The van der Waals surface area contributed by atoms with Gasteiger partial charge in [0.1, 0.15) is 0 Å². The molecule has 0 saturated carbocycles. The summed E-state index contributed by atoms with van der Waals surface area (Å²) in [5.74, 6) is -0.967. The first-order valence-corrected chi connectivity index (χ1v) is 21.7. The number of benzene rings is 9. The fraction of sp³-hybridized carbons (Fsp3) is 0. The highest BCUT2D eigenvalue weighted by molar-refractivity contribution is 6.37. The number of hydrogen-bond acceptors (Lipinski definition) is 6. The Hall–Kier alpha value is -10.1. The maximum absolute atomic E-state index is 15.7. The Kier molecular flexibility index (Phi) is 9.84. The molecule has 11 rings (SSSR count). The minimum absolute atomic E-state index is 0.212. The van der Waals surface area contributed by atoms with E-state index in [1.807, 2.05) is 150 Å². The molecule has 10 aromatic rings. The van der Waals surface area contributed by atoms with E-state index in [0.717, 1.165) is 33.0 Å². The lowest BCUT2D eigenvalue weighted by Gasteiger charge is -2.24. The molecule has 0 N–H and O–H groups in total. The summed E-state index contributed by atoms with van der Waals surface area (Å²) in [5, 5.41) is 41.4. The summed E-state index contributed by atoms with van der Waals surface area (Å²) in [5.41, 5.74) is 11.8. The molecule has 2 heterocycles. The summed E-state index contributed by atoms with van der Waals surface area (Å²) in [6, 6.07) is 69.5. The average Bonchev–Trinajstić information content (AvgIpc) is 3.86. The maximum Gasteiger partial charge on any atom is 0.268 e. The minimum atomic E-state index is -0.498. The van der Waals surface area contributed by atoms with Gasteiger partial charge in [0, 0.05) is 21.9 Å². The molecule has 0 atom stereocenters. The van der Waals surface area contributed by atoms with E-state index in [1.54, 1.807) is 48.5 Å². The fourth-order valence-corrected chi connectivity index (χ4v) is 9.53. The van der Waals surface area contributed by atoms with Crippen molar-refractivity contribution in [3.05, 3.63) is 228 Å². The molecule has 68 heavy (non-hydrogen) atoms. The molecule has 2 amide bonds. The van der Waals surface area contributed by atoms with Crippen LogP contribution in [0.4, 0.5) is 5.69 Å². The Morgan fingerprint density at radius 2 is 0.838 bits per heavy atom. The van der Waals surface area contributed by atoms with Crippen molar-refractivity contribution in [1.82, 2.24) is 4.57 Å². The lowest BCUT2D eigenvalue weighted by molar-refractivity contribution is 0.0926. The van der Waals surface area contributed by atoms with Crippen LogP contribution >= 0.6 is 0 Å². The van der Waals surface area contributed by atoms with Crippen LogP contribution in [0, 0.1) is 45.3 Å². The van der Waals surface area contributed by atoms with Crippen LogP contribution in [0.1, 0.15) is 43.0 Å². The van der Waals surface area contributed by atoms with E-state index in [4.69, 9.17) is 0 Å². The normalized spacial score (nSPS) is 11.8. The molecule has 0 aliphatic carbocycles. The zero-order valence-corrected chi connectivity index (χ0v) is 36.0. The highest BCUT2D eigenvalue weighted by atomic mass is 16.2. The van der Waals surface area contributed by atoms with Crippen LogP contribution in [0.5, 0.6) is 0 Å². The van der Waals surface area contributed by atoms with Gasteiger partial charge in [0.05, 0.1) is 80.1 Å². The zero-order chi connectivity index (χ0) is 46.5.